The van der Waals surface area contributed by atoms with Crippen LogP contribution in [0, 0.1) is 34.0 Å². The normalized spacial score (nSPS) is 27.6. The Morgan fingerprint density at radius 2 is 1.75 bits per heavy atom. The summed E-state index contributed by atoms with van der Waals surface area (Å²) in [4.78, 5) is 18.2. The van der Waals surface area contributed by atoms with Gasteiger partial charge >= 0.3 is 0 Å². The fraction of sp³-hybridized carbons (Fsp3) is 0.491. The number of hydrogen-bond acceptors (Lipinski definition) is 13. The van der Waals surface area contributed by atoms with Crippen LogP contribution in [0.5, 0.6) is 17.2 Å². The lowest BCUT2D eigenvalue weighted by Gasteiger charge is -2.47. The van der Waals surface area contributed by atoms with Crippen LogP contribution in [0.3, 0.4) is 0 Å². The maximum atomic E-state index is 14.2. The van der Waals surface area contributed by atoms with Crippen LogP contribution in [0.2, 0.25) is 0 Å². The Morgan fingerprint density at radius 3 is 2.54 bits per heavy atom. The molecule has 3 saturated carbocycles. The number of aliphatic imine (C=N–C) groups is 1. The van der Waals surface area contributed by atoms with E-state index in [0.717, 1.165) is 79.2 Å². The molecule has 11 nitrogen and oxygen atoms in total. The lowest BCUT2D eigenvalue weighted by Crippen LogP contribution is -2.40. The maximum absolute atomic E-state index is 14.2. The molecule has 0 radical (unpaired) electrons. The second-order valence-electron chi connectivity index (χ2n) is 20.4. The summed E-state index contributed by atoms with van der Waals surface area (Å²) in [5.74, 6) is 7.69. The molecule has 4 aliphatic carbocycles. The molecule has 0 spiro atoms. The number of phenols is 2. The van der Waals surface area contributed by atoms with Gasteiger partial charge in [-0.25, -0.2) is 0 Å². The second-order valence-corrected chi connectivity index (χ2v) is 22.9. The van der Waals surface area contributed by atoms with Gasteiger partial charge in [0, 0.05) is 53.0 Å². The monoisotopic (exact) mass is 958 g/mol. The first-order valence-corrected chi connectivity index (χ1v) is 26.8. The molecule has 9 rings (SSSR count). The van der Waals surface area contributed by atoms with E-state index in [4.69, 9.17) is 16.2 Å². The van der Waals surface area contributed by atoms with Crippen molar-refractivity contribution < 1.29 is 40.2 Å². The quantitative estimate of drug-likeness (QED) is 0.0720. The Labute approximate surface area is 407 Å². The van der Waals surface area contributed by atoms with Crippen molar-refractivity contribution in [1.82, 2.24) is 0 Å². The SMILES string of the molecule is NC(N)c1cc2c3cc1CSSCC14CCC(CC5(CC(O)CO)CCCC5)C(C=CC(=O)CCc5ccc(O)c(c5)OCCc5ccc(O)c(c5)C3CC([O-])=C3C=CN=C3CC#C2)(CC1O)C4. The van der Waals surface area contributed by atoms with E-state index in [-0.39, 0.29) is 65.8 Å². The largest absolute Gasteiger partial charge is 0.875 e. The number of hydrogen-bond donors (Lipinski definition) is 7. The summed E-state index contributed by atoms with van der Waals surface area (Å²) >= 11 is 0. The molecule has 3 aromatic rings. The number of rotatable bonds is 6. The Hall–Kier alpha value is -4.52. The summed E-state index contributed by atoms with van der Waals surface area (Å²) < 4.78 is 6.17. The number of phenolic OH excluding ortho intramolecular Hbond substituents is 2. The van der Waals surface area contributed by atoms with E-state index in [9.17, 15) is 35.4 Å². The van der Waals surface area contributed by atoms with Crippen molar-refractivity contribution in [3.05, 3.63) is 123 Å². The molecule has 68 heavy (non-hydrogen) atoms. The van der Waals surface area contributed by atoms with Crippen LogP contribution in [0.25, 0.3) is 0 Å². The van der Waals surface area contributed by atoms with E-state index < -0.39 is 29.7 Å². The topological polar surface area (TPSA) is 215 Å². The first-order chi connectivity index (χ1) is 32.8. The summed E-state index contributed by atoms with van der Waals surface area (Å²) in [6, 6.07) is 14.6. The fourth-order valence-electron chi connectivity index (χ4n) is 12.4. The molecule has 9 N–H and O–H groups in total. The van der Waals surface area contributed by atoms with Gasteiger partial charge in [0.25, 0.3) is 0 Å². The predicted molar refractivity (Wildman–Crippen MR) is 267 cm³/mol. The molecule has 0 aromatic heterocycles. The van der Waals surface area contributed by atoms with Crippen molar-refractivity contribution in [3.63, 3.8) is 0 Å². The molecule has 3 aromatic carbocycles. The van der Waals surface area contributed by atoms with Crippen LogP contribution in [-0.4, -0.2) is 68.2 Å². The van der Waals surface area contributed by atoms with Crippen molar-refractivity contribution in [2.45, 2.75) is 126 Å². The number of nitrogens with zero attached hydrogens (tertiary/aromatic N) is 1. The standard InChI is InChI=1S/C55H65N3O8S2/c56-52(57)43-24-36-4-3-5-46-41(14-20-58-46)49(64)26-44-42(36)25-37(43)31-67-68-33-55-18-12-38(27-53(16-1-2-17-53)28-40(61)30-59)54(32-55,29-51(55)65)19-13-39(60)9-6-34-8-11-48(63)50(23-34)66-21-15-35-7-10-47(62)45(44)22-35/h7-8,10-11,13-14,19-20,22-25,38,40,44,51-52,59,61-65H,1-2,5-6,9,12,15-18,21,26-33,56-57H2/p-1. The molecule has 0 amide bonds. The summed E-state index contributed by atoms with van der Waals surface area (Å²) in [5, 5.41) is 69.5. The molecule has 8 bridgehead atoms. The third-order valence-electron chi connectivity index (χ3n) is 16.0. The van der Waals surface area contributed by atoms with Gasteiger partial charge in [-0.1, -0.05) is 76.6 Å². The van der Waals surface area contributed by atoms with E-state index in [1.165, 1.54) is 0 Å². The third kappa shape index (κ3) is 10.2. The molecule has 2 aliphatic heterocycles. The minimum atomic E-state index is -0.809. The van der Waals surface area contributed by atoms with Crippen LogP contribution < -0.4 is 21.3 Å². The van der Waals surface area contributed by atoms with Crippen molar-refractivity contribution in [2.24, 2.45) is 38.6 Å². The number of allylic oxidation sites excluding steroid dienone is 5. The fourth-order valence-corrected chi connectivity index (χ4v) is 15.2. The highest BCUT2D eigenvalue weighted by Gasteiger charge is 2.60. The summed E-state index contributed by atoms with van der Waals surface area (Å²) in [5.41, 5.74) is 18.6. The smallest absolute Gasteiger partial charge is 0.161 e. The number of carbonyl (C=O) groups is 1. The van der Waals surface area contributed by atoms with Crippen LogP contribution in [0.15, 0.2) is 89.3 Å². The first kappa shape index (κ1) is 48.5. The predicted octanol–water partition coefficient (Wildman–Crippen LogP) is 7.68. The number of fused-ring (bicyclic) bond motifs is 7. The summed E-state index contributed by atoms with van der Waals surface area (Å²) in [6.45, 7) is -0.0498. The van der Waals surface area contributed by atoms with Crippen LogP contribution >= 0.6 is 21.6 Å². The van der Waals surface area contributed by atoms with Crippen molar-refractivity contribution in [1.29, 1.82) is 0 Å². The van der Waals surface area contributed by atoms with Crippen molar-refractivity contribution in [3.8, 4) is 29.1 Å². The lowest BCUT2D eigenvalue weighted by atomic mass is 9.58. The molecule has 6 unspecified atom stereocenters. The highest BCUT2D eigenvalue weighted by atomic mass is 33.1. The van der Waals surface area contributed by atoms with Gasteiger partial charge in [0.2, 0.25) is 0 Å². The van der Waals surface area contributed by atoms with Gasteiger partial charge < -0.3 is 46.8 Å². The molecule has 13 heteroatoms. The van der Waals surface area contributed by atoms with Crippen LogP contribution in [-0.2, 0) is 23.4 Å². The zero-order valence-electron chi connectivity index (χ0n) is 38.6. The second kappa shape index (κ2) is 20.4. The Balaban J connectivity index is 1.09. The van der Waals surface area contributed by atoms with E-state index >= 15 is 0 Å². The Morgan fingerprint density at radius 1 is 0.956 bits per heavy atom. The number of ketones is 1. The first-order valence-electron chi connectivity index (χ1n) is 24.3. The number of ether oxygens (including phenoxy) is 1. The van der Waals surface area contributed by atoms with Crippen LogP contribution in [0.1, 0.15) is 134 Å². The van der Waals surface area contributed by atoms with Gasteiger partial charge in [0.1, 0.15) is 5.75 Å². The van der Waals surface area contributed by atoms with Gasteiger partial charge in [0.05, 0.1) is 43.7 Å². The van der Waals surface area contributed by atoms with Gasteiger partial charge in [-0.2, -0.15) is 0 Å². The molecule has 2 heterocycles. The van der Waals surface area contributed by atoms with E-state index in [2.05, 4.69) is 29.0 Å². The average Bonchev–Trinajstić information content (AvgIpc) is 4.05. The molecule has 6 atom stereocenters. The maximum Gasteiger partial charge on any atom is 0.161 e. The van der Waals surface area contributed by atoms with E-state index in [0.29, 0.717) is 71.8 Å². The lowest BCUT2D eigenvalue weighted by molar-refractivity contribution is -0.307. The molecule has 0 saturated heterocycles. The number of nitrogens with two attached hydrogens (primary N) is 2. The van der Waals surface area contributed by atoms with Gasteiger partial charge in [0.15, 0.2) is 17.3 Å². The van der Waals surface area contributed by atoms with Gasteiger partial charge in [-0.15, -0.1) is 5.76 Å². The molecule has 360 valence electrons. The minimum Gasteiger partial charge on any atom is -0.875 e. The van der Waals surface area contributed by atoms with E-state index in [1.807, 2.05) is 18.2 Å². The molecular weight excluding hydrogens is 895 g/mol. The summed E-state index contributed by atoms with van der Waals surface area (Å²) in [7, 11) is 3.40. The molecule has 3 fully saturated rings. The number of carbonyl (C=O) groups excluding carboxylic acids is 1. The number of benzene rings is 3. The average molecular weight is 959 g/mol. The number of aliphatic hydroxyl groups excluding tert-OH is 3. The molecular formula is C55H64N3O8S2-. The van der Waals surface area contributed by atoms with Gasteiger partial charge in [-0.3, -0.25) is 9.79 Å². The highest BCUT2D eigenvalue weighted by Crippen LogP contribution is 2.66. The zero-order chi connectivity index (χ0) is 47.6. The van der Waals surface area contributed by atoms with Crippen molar-refractivity contribution in [2.75, 3.05) is 19.0 Å². The third-order valence-corrected chi connectivity index (χ3v) is 18.5. The summed E-state index contributed by atoms with van der Waals surface area (Å²) in [6.07, 6.45) is 15.2. The Bertz CT molecular complexity index is 2590. The molecule has 6 aliphatic rings. The Kier molecular flexibility index (Phi) is 14.6. The number of aryl methyl sites for hydroxylation is 1. The van der Waals surface area contributed by atoms with E-state index in [1.54, 1.807) is 64.2 Å². The highest BCUT2D eigenvalue weighted by molar-refractivity contribution is 8.76. The number of aromatic hydroxyl groups is 2. The van der Waals surface area contributed by atoms with Crippen molar-refractivity contribution >= 4 is 33.1 Å². The van der Waals surface area contributed by atoms with Crippen LogP contribution in [0.4, 0.5) is 0 Å². The van der Waals surface area contributed by atoms with Gasteiger partial charge in [-0.05, 0) is 151 Å². The zero-order valence-corrected chi connectivity index (χ0v) is 40.3. The minimum absolute atomic E-state index is 0.00475. The number of aliphatic hydroxyl groups is 3.